The zero-order valence-corrected chi connectivity index (χ0v) is 18.6. The maximum Gasteiger partial charge on any atom is 0.307 e. The normalized spacial score (nSPS) is 11.2. The van der Waals surface area contributed by atoms with Crippen LogP contribution < -0.4 is 0 Å². The highest BCUT2D eigenvalue weighted by Crippen LogP contribution is 2.21. The molecule has 0 rings (SSSR count). The molecule has 0 spiro atoms. The summed E-state index contributed by atoms with van der Waals surface area (Å²) in [5, 5.41) is 0. The van der Waals surface area contributed by atoms with E-state index < -0.39 is 5.41 Å². The molecule has 0 heterocycles. The van der Waals surface area contributed by atoms with Crippen molar-refractivity contribution in [3.8, 4) is 0 Å². The third kappa shape index (κ3) is 14.3. The first-order valence-electron chi connectivity index (χ1n) is 9.94. The van der Waals surface area contributed by atoms with Gasteiger partial charge in [0.05, 0.1) is 92.3 Å². The Morgan fingerprint density at radius 3 is 1.13 bits per heavy atom. The number of carbonyl (C=O) groups excluding carboxylic acids is 3. The molecule has 10 heteroatoms. The molecule has 0 atom stereocenters. The summed E-state index contributed by atoms with van der Waals surface area (Å²) >= 11 is 0. The standard InChI is InChI=1S/C20H36O10/c1-5-9-27-13-20(14-28-10-6-17(21)24-2,15-29-11-7-18(22)25-3)16-30-12-8-19(23)26-4/h5-16H2,1-4H3. The highest BCUT2D eigenvalue weighted by Gasteiger charge is 2.33. The van der Waals surface area contributed by atoms with Gasteiger partial charge < -0.3 is 33.2 Å². The largest absolute Gasteiger partial charge is 0.469 e. The Morgan fingerprint density at radius 1 is 0.567 bits per heavy atom. The van der Waals surface area contributed by atoms with Crippen LogP contribution in [0.25, 0.3) is 0 Å². The van der Waals surface area contributed by atoms with Crippen LogP contribution in [0, 0.1) is 5.41 Å². The average Bonchev–Trinajstić information content (AvgIpc) is 2.76. The van der Waals surface area contributed by atoms with Gasteiger partial charge in [-0.1, -0.05) is 6.92 Å². The van der Waals surface area contributed by atoms with Crippen molar-refractivity contribution in [3.05, 3.63) is 0 Å². The quantitative estimate of drug-likeness (QED) is 0.166. The third-order valence-corrected chi connectivity index (χ3v) is 4.02. The van der Waals surface area contributed by atoms with E-state index in [0.717, 1.165) is 6.42 Å². The Kier molecular flexibility index (Phi) is 17.0. The second-order valence-corrected chi connectivity index (χ2v) is 6.69. The molecule has 0 aromatic rings. The van der Waals surface area contributed by atoms with Gasteiger partial charge in [0.2, 0.25) is 0 Å². The maximum absolute atomic E-state index is 11.3. The number of rotatable bonds is 19. The van der Waals surface area contributed by atoms with Crippen molar-refractivity contribution < 1.29 is 47.5 Å². The van der Waals surface area contributed by atoms with Crippen LogP contribution in [0.4, 0.5) is 0 Å². The monoisotopic (exact) mass is 436 g/mol. The Morgan fingerprint density at radius 2 is 0.867 bits per heavy atom. The number of carbonyl (C=O) groups is 3. The van der Waals surface area contributed by atoms with Crippen molar-refractivity contribution in [2.24, 2.45) is 5.41 Å². The van der Waals surface area contributed by atoms with Crippen LogP contribution in [0.2, 0.25) is 0 Å². The molecule has 0 aromatic heterocycles. The van der Waals surface area contributed by atoms with Crippen LogP contribution in [0.3, 0.4) is 0 Å². The number of ether oxygens (including phenoxy) is 7. The predicted octanol–water partition coefficient (Wildman–Crippen LogP) is 1.14. The average molecular weight is 436 g/mol. The summed E-state index contributed by atoms with van der Waals surface area (Å²) in [5.41, 5.74) is -0.683. The minimum absolute atomic E-state index is 0.120. The first-order chi connectivity index (χ1) is 14.4. The molecule has 0 bridgehead atoms. The zero-order chi connectivity index (χ0) is 22.7. The van der Waals surface area contributed by atoms with Crippen molar-refractivity contribution in [3.63, 3.8) is 0 Å². The molecule has 0 fully saturated rings. The van der Waals surface area contributed by atoms with Crippen molar-refractivity contribution >= 4 is 17.9 Å². The molecule has 0 aliphatic heterocycles. The summed E-state index contributed by atoms with van der Waals surface area (Å²) in [6, 6.07) is 0. The first-order valence-corrected chi connectivity index (χ1v) is 9.94. The molecule has 0 amide bonds. The van der Waals surface area contributed by atoms with Gasteiger partial charge in [0.1, 0.15) is 0 Å². The first kappa shape index (κ1) is 28.2. The highest BCUT2D eigenvalue weighted by atomic mass is 16.5. The molecular formula is C20H36O10. The van der Waals surface area contributed by atoms with E-state index in [9.17, 15) is 14.4 Å². The van der Waals surface area contributed by atoms with E-state index in [1.54, 1.807) is 0 Å². The Bertz CT molecular complexity index is 420. The molecule has 0 saturated carbocycles. The lowest BCUT2D eigenvalue weighted by molar-refractivity contribution is -0.144. The molecule has 30 heavy (non-hydrogen) atoms. The summed E-state index contributed by atoms with van der Waals surface area (Å²) in [7, 11) is 3.94. The van der Waals surface area contributed by atoms with Gasteiger partial charge in [-0.25, -0.2) is 0 Å². The van der Waals surface area contributed by atoms with Crippen molar-refractivity contribution in [1.82, 2.24) is 0 Å². The summed E-state index contributed by atoms with van der Waals surface area (Å²) in [6.07, 6.45) is 1.20. The van der Waals surface area contributed by atoms with Gasteiger partial charge in [-0.15, -0.1) is 0 Å². The lowest BCUT2D eigenvalue weighted by Crippen LogP contribution is -2.42. The van der Waals surface area contributed by atoms with E-state index in [1.807, 2.05) is 6.92 Å². The smallest absolute Gasteiger partial charge is 0.307 e. The van der Waals surface area contributed by atoms with E-state index >= 15 is 0 Å². The summed E-state index contributed by atoms with van der Waals surface area (Å²) in [5.74, 6) is -1.11. The summed E-state index contributed by atoms with van der Waals surface area (Å²) < 4.78 is 36.6. The SMILES string of the molecule is CCCOCC(COCCC(=O)OC)(COCCC(=O)OC)COCCC(=O)OC. The second kappa shape index (κ2) is 18.1. The number of methoxy groups -OCH3 is 3. The Balaban J connectivity index is 4.91. The van der Waals surface area contributed by atoms with E-state index in [0.29, 0.717) is 6.61 Å². The lowest BCUT2D eigenvalue weighted by atomic mass is 9.92. The molecule has 0 radical (unpaired) electrons. The molecule has 0 saturated heterocycles. The fourth-order valence-electron chi connectivity index (χ4n) is 2.32. The van der Waals surface area contributed by atoms with Crippen LogP contribution in [0.1, 0.15) is 32.6 Å². The van der Waals surface area contributed by atoms with Crippen LogP contribution in [0.5, 0.6) is 0 Å². The van der Waals surface area contributed by atoms with Gasteiger partial charge in [0.15, 0.2) is 0 Å². The third-order valence-electron chi connectivity index (χ3n) is 4.02. The second-order valence-electron chi connectivity index (χ2n) is 6.69. The van der Waals surface area contributed by atoms with Crippen LogP contribution in [-0.2, 0) is 47.5 Å². The molecule has 0 aromatic carbocycles. The maximum atomic E-state index is 11.3. The predicted molar refractivity (Wildman–Crippen MR) is 106 cm³/mol. The lowest BCUT2D eigenvalue weighted by Gasteiger charge is -2.33. The van der Waals surface area contributed by atoms with Gasteiger partial charge in [0, 0.05) is 6.61 Å². The Labute approximate surface area is 178 Å². The molecule has 176 valence electrons. The van der Waals surface area contributed by atoms with Gasteiger partial charge in [-0.3, -0.25) is 14.4 Å². The topological polar surface area (TPSA) is 116 Å². The van der Waals surface area contributed by atoms with Gasteiger partial charge in [-0.05, 0) is 6.42 Å². The summed E-state index contributed by atoms with van der Waals surface area (Å²) in [4.78, 5) is 33.9. The Hall–Kier alpha value is -1.75. The fraction of sp³-hybridized carbons (Fsp3) is 0.850. The number of hydrogen-bond acceptors (Lipinski definition) is 10. The fourth-order valence-corrected chi connectivity index (χ4v) is 2.32. The number of esters is 3. The van der Waals surface area contributed by atoms with Gasteiger partial charge >= 0.3 is 17.9 Å². The van der Waals surface area contributed by atoms with Crippen LogP contribution >= 0.6 is 0 Å². The molecule has 0 aliphatic carbocycles. The van der Waals surface area contributed by atoms with E-state index in [2.05, 4.69) is 14.2 Å². The molecule has 0 N–H and O–H groups in total. The zero-order valence-electron chi connectivity index (χ0n) is 18.6. The van der Waals surface area contributed by atoms with Crippen LogP contribution in [0.15, 0.2) is 0 Å². The van der Waals surface area contributed by atoms with E-state index in [4.69, 9.17) is 18.9 Å². The van der Waals surface area contributed by atoms with E-state index in [-0.39, 0.29) is 83.4 Å². The highest BCUT2D eigenvalue weighted by molar-refractivity contribution is 5.69. The minimum Gasteiger partial charge on any atom is -0.469 e. The number of hydrogen-bond donors (Lipinski definition) is 0. The van der Waals surface area contributed by atoms with Crippen molar-refractivity contribution in [2.75, 3.05) is 74.2 Å². The van der Waals surface area contributed by atoms with E-state index in [1.165, 1.54) is 21.3 Å². The molecule has 0 unspecified atom stereocenters. The van der Waals surface area contributed by atoms with Gasteiger partial charge in [-0.2, -0.15) is 0 Å². The molecule has 0 aliphatic rings. The van der Waals surface area contributed by atoms with Gasteiger partial charge in [0.25, 0.3) is 0 Å². The molecular weight excluding hydrogens is 400 g/mol. The summed E-state index contributed by atoms with van der Waals surface area (Å²) in [6.45, 7) is 3.95. The van der Waals surface area contributed by atoms with Crippen molar-refractivity contribution in [2.45, 2.75) is 32.6 Å². The minimum atomic E-state index is -0.683. The van der Waals surface area contributed by atoms with Crippen molar-refractivity contribution in [1.29, 1.82) is 0 Å². The molecule has 10 nitrogen and oxygen atoms in total. The van der Waals surface area contributed by atoms with Crippen LogP contribution in [-0.4, -0.2) is 92.1 Å².